The third-order valence-electron chi connectivity index (χ3n) is 3.39. The molecule has 2 aromatic carbocycles. The fraction of sp³-hybridized carbons (Fsp3) is 0.316. The van der Waals surface area contributed by atoms with Gasteiger partial charge >= 0.3 is 0 Å². The molecule has 0 saturated carbocycles. The van der Waals surface area contributed by atoms with E-state index in [1.165, 1.54) is 18.9 Å². The first-order chi connectivity index (χ1) is 11.3. The van der Waals surface area contributed by atoms with E-state index < -0.39 is 0 Å². The van der Waals surface area contributed by atoms with E-state index >= 15 is 0 Å². The van der Waals surface area contributed by atoms with Gasteiger partial charge in [-0.2, -0.15) is 5.10 Å². The van der Waals surface area contributed by atoms with Gasteiger partial charge < -0.3 is 4.74 Å². The highest BCUT2D eigenvalue weighted by Gasteiger charge is 2.04. The smallest absolute Gasteiger partial charge is 0.165 e. The van der Waals surface area contributed by atoms with Crippen LogP contribution in [0.2, 0.25) is 0 Å². The summed E-state index contributed by atoms with van der Waals surface area (Å²) in [6, 6.07) is 14.4. The van der Waals surface area contributed by atoms with Gasteiger partial charge in [0.2, 0.25) is 0 Å². The predicted molar refractivity (Wildman–Crippen MR) is 93.7 cm³/mol. The maximum Gasteiger partial charge on any atom is 0.165 e. The van der Waals surface area contributed by atoms with Gasteiger partial charge in [-0.05, 0) is 36.2 Å². The highest BCUT2D eigenvalue weighted by molar-refractivity contribution is 5.80. The number of ether oxygens (including phenoxy) is 1. The minimum absolute atomic E-state index is 0.283. The molecule has 0 bridgehead atoms. The fourth-order valence-electron chi connectivity index (χ4n) is 2.12. The molecule has 0 atom stereocenters. The van der Waals surface area contributed by atoms with Crippen molar-refractivity contribution in [2.45, 2.75) is 32.6 Å². The number of hydrogen-bond donors (Lipinski definition) is 1. The van der Waals surface area contributed by atoms with Gasteiger partial charge in [-0.1, -0.05) is 50.5 Å². The van der Waals surface area contributed by atoms with Crippen molar-refractivity contribution in [3.63, 3.8) is 0 Å². The minimum atomic E-state index is -0.339. The molecular formula is C19H23FN2O. The molecule has 0 heterocycles. The van der Waals surface area contributed by atoms with Crippen LogP contribution in [0.15, 0.2) is 53.6 Å². The lowest BCUT2D eigenvalue weighted by Crippen LogP contribution is -2.00. The first-order valence-electron chi connectivity index (χ1n) is 8.06. The number of anilines is 1. The van der Waals surface area contributed by atoms with Crippen molar-refractivity contribution in [3.05, 3.63) is 59.9 Å². The normalized spacial score (nSPS) is 10.9. The minimum Gasteiger partial charge on any atom is -0.490 e. The van der Waals surface area contributed by atoms with Crippen LogP contribution >= 0.6 is 0 Å². The van der Waals surface area contributed by atoms with Crippen molar-refractivity contribution in [2.75, 3.05) is 12.0 Å². The van der Waals surface area contributed by atoms with Gasteiger partial charge in [-0.25, -0.2) is 4.39 Å². The summed E-state index contributed by atoms with van der Waals surface area (Å²) in [6.07, 6.45) is 6.07. The van der Waals surface area contributed by atoms with Crippen LogP contribution in [0.25, 0.3) is 0 Å². The van der Waals surface area contributed by atoms with Gasteiger partial charge in [-0.3, -0.25) is 5.43 Å². The largest absolute Gasteiger partial charge is 0.490 e. The van der Waals surface area contributed by atoms with Crippen LogP contribution in [0.5, 0.6) is 5.75 Å². The predicted octanol–water partition coefficient (Wildman–Crippen LogP) is 5.23. The standard InChI is InChI=1S/C19H23FN2O/c1-2-3-4-8-13-23-19-14-16(11-12-18(19)20)15-21-22-17-9-6-5-7-10-17/h5-7,9-12,14-15,22H,2-4,8,13H2,1H3. The number of unbranched alkanes of at least 4 members (excludes halogenated alkanes) is 3. The fourth-order valence-corrected chi connectivity index (χ4v) is 2.12. The number of rotatable bonds is 9. The van der Waals surface area contributed by atoms with Crippen LogP contribution in [0.4, 0.5) is 10.1 Å². The van der Waals surface area contributed by atoms with Crippen molar-refractivity contribution in [1.29, 1.82) is 0 Å². The van der Waals surface area contributed by atoms with Crippen molar-refractivity contribution < 1.29 is 9.13 Å². The summed E-state index contributed by atoms with van der Waals surface area (Å²) in [5.74, 6) is -0.0566. The lowest BCUT2D eigenvalue weighted by molar-refractivity contribution is 0.290. The summed E-state index contributed by atoms with van der Waals surface area (Å²) < 4.78 is 19.3. The first kappa shape index (κ1) is 17.0. The topological polar surface area (TPSA) is 33.6 Å². The average Bonchev–Trinajstić information content (AvgIpc) is 2.58. The Morgan fingerprint density at radius 1 is 1.09 bits per heavy atom. The number of halogens is 1. The van der Waals surface area contributed by atoms with E-state index in [1.54, 1.807) is 18.3 Å². The van der Waals surface area contributed by atoms with E-state index in [9.17, 15) is 4.39 Å². The number of hydrogen-bond acceptors (Lipinski definition) is 3. The number of para-hydroxylation sites is 1. The van der Waals surface area contributed by atoms with E-state index in [1.807, 2.05) is 30.3 Å². The molecule has 0 spiro atoms. The molecule has 3 nitrogen and oxygen atoms in total. The zero-order valence-corrected chi connectivity index (χ0v) is 13.5. The highest BCUT2D eigenvalue weighted by Crippen LogP contribution is 2.18. The second-order valence-corrected chi connectivity index (χ2v) is 5.34. The molecular weight excluding hydrogens is 291 g/mol. The van der Waals surface area contributed by atoms with Crippen LogP contribution in [0.1, 0.15) is 38.2 Å². The van der Waals surface area contributed by atoms with Crippen LogP contribution < -0.4 is 10.2 Å². The third-order valence-corrected chi connectivity index (χ3v) is 3.39. The van der Waals surface area contributed by atoms with E-state index in [0.717, 1.165) is 24.1 Å². The second-order valence-electron chi connectivity index (χ2n) is 5.34. The molecule has 0 aliphatic rings. The summed E-state index contributed by atoms with van der Waals surface area (Å²) in [5, 5.41) is 4.15. The number of hydrazone groups is 1. The summed E-state index contributed by atoms with van der Waals surface area (Å²) >= 11 is 0. The molecule has 0 saturated heterocycles. The zero-order chi connectivity index (χ0) is 16.3. The van der Waals surface area contributed by atoms with E-state index in [-0.39, 0.29) is 11.6 Å². The molecule has 0 amide bonds. The monoisotopic (exact) mass is 314 g/mol. The third kappa shape index (κ3) is 6.10. The maximum absolute atomic E-state index is 13.7. The van der Waals surface area contributed by atoms with Gasteiger partial charge in [0.15, 0.2) is 11.6 Å². The van der Waals surface area contributed by atoms with Crippen molar-refractivity contribution in [1.82, 2.24) is 0 Å². The summed E-state index contributed by atoms with van der Waals surface area (Å²) in [5.41, 5.74) is 4.62. The maximum atomic E-state index is 13.7. The summed E-state index contributed by atoms with van der Waals surface area (Å²) in [6.45, 7) is 2.70. The Morgan fingerprint density at radius 3 is 2.70 bits per heavy atom. The van der Waals surface area contributed by atoms with Crippen molar-refractivity contribution in [2.24, 2.45) is 5.10 Å². The van der Waals surface area contributed by atoms with Gasteiger partial charge in [0, 0.05) is 0 Å². The Kier molecular flexibility index (Phi) is 7.11. The highest BCUT2D eigenvalue weighted by atomic mass is 19.1. The Morgan fingerprint density at radius 2 is 1.91 bits per heavy atom. The molecule has 1 N–H and O–H groups in total. The van der Waals surface area contributed by atoms with Crippen molar-refractivity contribution >= 4 is 11.9 Å². The molecule has 0 aromatic heterocycles. The number of benzene rings is 2. The molecule has 0 unspecified atom stereocenters. The van der Waals surface area contributed by atoms with Crippen LogP contribution in [0.3, 0.4) is 0 Å². The van der Waals surface area contributed by atoms with E-state index in [0.29, 0.717) is 6.61 Å². The molecule has 2 aromatic rings. The summed E-state index contributed by atoms with van der Waals surface area (Å²) in [7, 11) is 0. The Hall–Kier alpha value is -2.36. The van der Waals surface area contributed by atoms with Crippen LogP contribution in [-0.4, -0.2) is 12.8 Å². The molecule has 23 heavy (non-hydrogen) atoms. The Bertz CT molecular complexity index is 614. The second kappa shape index (κ2) is 9.62. The average molecular weight is 314 g/mol. The van der Waals surface area contributed by atoms with Crippen LogP contribution in [-0.2, 0) is 0 Å². The van der Waals surface area contributed by atoms with Gasteiger partial charge in [0.25, 0.3) is 0 Å². The van der Waals surface area contributed by atoms with E-state index in [4.69, 9.17) is 4.74 Å². The zero-order valence-electron chi connectivity index (χ0n) is 13.5. The quantitative estimate of drug-likeness (QED) is 0.390. The Balaban J connectivity index is 1.88. The molecule has 2 rings (SSSR count). The molecule has 0 aliphatic carbocycles. The number of nitrogens with zero attached hydrogens (tertiary/aromatic N) is 1. The van der Waals surface area contributed by atoms with E-state index in [2.05, 4.69) is 17.5 Å². The molecule has 0 fully saturated rings. The molecule has 122 valence electrons. The van der Waals surface area contributed by atoms with Crippen LogP contribution in [0, 0.1) is 5.82 Å². The SMILES string of the molecule is CCCCCCOc1cc(C=NNc2ccccc2)ccc1F. The van der Waals surface area contributed by atoms with Gasteiger partial charge in [0.05, 0.1) is 18.5 Å². The molecule has 4 heteroatoms. The lowest BCUT2D eigenvalue weighted by Gasteiger charge is -2.08. The summed E-state index contributed by atoms with van der Waals surface area (Å²) in [4.78, 5) is 0. The van der Waals surface area contributed by atoms with Gasteiger partial charge in [0.1, 0.15) is 0 Å². The molecule has 0 aliphatic heterocycles. The van der Waals surface area contributed by atoms with Crippen molar-refractivity contribution in [3.8, 4) is 5.75 Å². The lowest BCUT2D eigenvalue weighted by atomic mass is 10.2. The Labute approximate surface area is 137 Å². The molecule has 0 radical (unpaired) electrons. The van der Waals surface area contributed by atoms with Gasteiger partial charge in [-0.15, -0.1) is 0 Å². The first-order valence-corrected chi connectivity index (χ1v) is 8.06. The number of nitrogens with one attached hydrogen (secondary N) is 1.